The van der Waals surface area contributed by atoms with Crippen LogP contribution in [-0.2, 0) is 6.42 Å². The molecule has 6 aromatic rings. The molecular weight excluding hydrogens is 546 g/mol. The van der Waals surface area contributed by atoms with Crippen molar-refractivity contribution < 1.29 is 4.84 Å². The monoisotopic (exact) mass is 581 g/mol. The van der Waals surface area contributed by atoms with Gasteiger partial charge in [-0.05, 0) is 93.6 Å². The van der Waals surface area contributed by atoms with E-state index in [1.165, 1.54) is 33.4 Å². The lowest BCUT2D eigenvalue weighted by molar-refractivity contribution is 0.324. The molecule has 0 spiro atoms. The van der Waals surface area contributed by atoms with Crippen LogP contribution in [0.4, 0.5) is 11.4 Å². The molecule has 0 N–H and O–H groups in total. The molecule has 1 aliphatic heterocycles. The van der Waals surface area contributed by atoms with E-state index in [1.54, 1.807) is 0 Å². The molecule has 0 aromatic heterocycles. The number of para-hydroxylation sites is 2. The van der Waals surface area contributed by atoms with Crippen molar-refractivity contribution >= 4 is 16.9 Å². The van der Waals surface area contributed by atoms with Gasteiger partial charge in [0.05, 0.1) is 11.4 Å². The Morgan fingerprint density at radius 1 is 0.622 bits per heavy atom. The number of rotatable bonds is 4. The molecule has 6 aromatic carbocycles. The zero-order valence-electron chi connectivity index (χ0n) is 25.7. The fourth-order valence-electron chi connectivity index (χ4n) is 7.31. The SMILES string of the molecule is C=C1c2ccccc2ON(c2ccccc2)c2cc(-c3ccc(-c4ccc(C5c6ccccc6CC5C)c(C)c4)cc3)ccc21. The van der Waals surface area contributed by atoms with Gasteiger partial charge in [-0.15, -0.1) is 0 Å². The van der Waals surface area contributed by atoms with Gasteiger partial charge in [-0.2, -0.15) is 5.06 Å². The van der Waals surface area contributed by atoms with Crippen LogP contribution >= 0.6 is 0 Å². The minimum absolute atomic E-state index is 0.467. The summed E-state index contributed by atoms with van der Waals surface area (Å²) in [7, 11) is 0. The van der Waals surface area contributed by atoms with Crippen LogP contribution in [0, 0.1) is 12.8 Å². The fourth-order valence-corrected chi connectivity index (χ4v) is 7.31. The van der Waals surface area contributed by atoms with Gasteiger partial charge in [-0.1, -0.05) is 129 Å². The third-order valence-corrected chi connectivity index (χ3v) is 9.59. The van der Waals surface area contributed by atoms with Crippen LogP contribution in [0.25, 0.3) is 27.8 Å². The maximum Gasteiger partial charge on any atom is 0.163 e. The van der Waals surface area contributed by atoms with E-state index in [2.05, 4.69) is 124 Å². The molecule has 0 amide bonds. The van der Waals surface area contributed by atoms with Gasteiger partial charge in [0.1, 0.15) is 0 Å². The molecule has 0 bridgehead atoms. The normalized spacial score (nSPS) is 16.8. The second-order valence-corrected chi connectivity index (χ2v) is 12.4. The molecule has 0 saturated carbocycles. The molecule has 2 nitrogen and oxygen atoms in total. The van der Waals surface area contributed by atoms with Crippen molar-refractivity contribution in [3.05, 3.63) is 179 Å². The van der Waals surface area contributed by atoms with Gasteiger partial charge in [0, 0.05) is 17.0 Å². The highest BCUT2D eigenvalue weighted by Crippen LogP contribution is 2.45. The van der Waals surface area contributed by atoms with Crippen LogP contribution in [0.5, 0.6) is 5.75 Å². The number of nitrogens with zero attached hydrogens (tertiary/aromatic N) is 1. The summed E-state index contributed by atoms with van der Waals surface area (Å²) < 4.78 is 0. The Hall–Kier alpha value is -5.34. The summed E-state index contributed by atoms with van der Waals surface area (Å²) in [5.41, 5.74) is 15.5. The van der Waals surface area contributed by atoms with E-state index in [9.17, 15) is 0 Å². The first-order valence-corrected chi connectivity index (χ1v) is 15.8. The lowest BCUT2D eigenvalue weighted by Crippen LogP contribution is -2.21. The van der Waals surface area contributed by atoms with E-state index in [0.29, 0.717) is 11.8 Å². The minimum atomic E-state index is 0.467. The Balaban J connectivity index is 1.12. The van der Waals surface area contributed by atoms with Crippen LogP contribution in [-0.4, -0.2) is 0 Å². The van der Waals surface area contributed by atoms with E-state index < -0.39 is 0 Å². The summed E-state index contributed by atoms with van der Waals surface area (Å²) in [6, 6.07) is 49.8. The largest absolute Gasteiger partial charge is 0.374 e. The lowest BCUT2D eigenvalue weighted by atomic mass is 9.83. The van der Waals surface area contributed by atoms with E-state index in [4.69, 9.17) is 4.84 Å². The predicted molar refractivity (Wildman–Crippen MR) is 187 cm³/mol. The summed E-state index contributed by atoms with van der Waals surface area (Å²) in [5, 5.41) is 1.93. The minimum Gasteiger partial charge on any atom is -0.374 e. The maximum absolute atomic E-state index is 6.56. The highest BCUT2D eigenvalue weighted by molar-refractivity contribution is 5.92. The third-order valence-electron chi connectivity index (χ3n) is 9.59. The molecule has 2 aliphatic rings. The Kier molecular flexibility index (Phi) is 6.64. The van der Waals surface area contributed by atoms with Crippen LogP contribution in [0.15, 0.2) is 146 Å². The van der Waals surface area contributed by atoms with Crippen molar-refractivity contribution in [3.8, 4) is 28.0 Å². The first-order chi connectivity index (χ1) is 22.0. The van der Waals surface area contributed by atoms with Crippen molar-refractivity contribution in [2.24, 2.45) is 5.92 Å². The molecule has 2 atom stereocenters. The maximum atomic E-state index is 6.56. The Morgan fingerprint density at radius 2 is 1.27 bits per heavy atom. The number of benzene rings is 6. The first kappa shape index (κ1) is 27.2. The molecule has 1 heterocycles. The average Bonchev–Trinajstić information content (AvgIpc) is 3.36. The predicted octanol–water partition coefficient (Wildman–Crippen LogP) is 11.2. The zero-order chi connectivity index (χ0) is 30.5. The van der Waals surface area contributed by atoms with Gasteiger partial charge in [-0.3, -0.25) is 0 Å². The number of aryl methyl sites for hydroxylation is 1. The molecule has 2 unspecified atom stereocenters. The molecule has 1 aliphatic carbocycles. The quantitative estimate of drug-likeness (QED) is 0.205. The lowest BCUT2D eigenvalue weighted by Gasteiger charge is -2.25. The van der Waals surface area contributed by atoms with Crippen LogP contribution < -0.4 is 9.90 Å². The summed E-state index contributed by atoms with van der Waals surface area (Å²) in [5.74, 6) is 1.87. The van der Waals surface area contributed by atoms with Crippen molar-refractivity contribution in [2.75, 3.05) is 5.06 Å². The molecular formula is C43H35NO. The number of anilines is 2. The van der Waals surface area contributed by atoms with Crippen LogP contribution in [0.1, 0.15) is 46.2 Å². The Morgan fingerprint density at radius 3 is 2.04 bits per heavy atom. The van der Waals surface area contributed by atoms with Gasteiger partial charge < -0.3 is 4.84 Å². The smallest absolute Gasteiger partial charge is 0.163 e. The number of hydrogen-bond donors (Lipinski definition) is 0. The van der Waals surface area contributed by atoms with Gasteiger partial charge in [0.15, 0.2) is 5.75 Å². The standard InChI is InChI=1S/C43H35NO/c1-28-25-33(21-23-37(28)43-29(2)26-35-11-7-8-15-40(35)43)31-17-19-32(20-18-31)34-22-24-38-30(3)39-14-9-10-16-42(39)45-44(41(38)27-34)36-12-5-4-6-13-36/h4-25,27,29,43H,3,26H2,1-2H3. The zero-order valence-corrected chi connectivity index (χ0v) is 25.7. The molecule has 45 heavy (non-hydrogen) atoms. The molecule has 8 rings (SSSR count). The second kappa shape index (κ2) is 11.0. The molecule has 0 fully saturated rings. The van der Waals surface area contributed by atoms with E-state index in [0.717, 1.165) is 51.4 Å². The topological polar surface area (TPSA) is 12.5 Å². The molecule has 0 saturated heterocycles. The van der Waals surface area contributed by atoms with Crippen molar-refractivity contribution in [1.82, 2.24) is 0 Å². The Bertz CT molecular complexity index is 2060. The fraction of sp³-hybridized carbons (Fsp3) is 0.116. The van der Waals surface area contributed by atoms with Gasteiger partial charge in [-0.25, -0.2) is 0 Å². The van der Waals surface area contributed by atoms with Gasteiger partial charge in [0.2, 0.25) is 0 Å². The van der Waals surface area contributed by atoms with Crippen molar-refractivity contribution in [3.63, 3.8) is 0 Å². The molecule has 218 valence electrons. The van der Waals surface area contributed by atoms with Crippen LogP contribution in [0.3, 0.4) is 0 Å². The van der Waals surface area contributed by atoms with Gasteiger partial charge >= 0.3 is 0 Å². The summed E-state index contributed by atoms with van der Waals surface area (Å²) in [6.07, 6.45) is 1.16. The molecule has 2 heteroatoms. The summed E-state index contributed by atoms with van der Waals surface area (Å²) >= 11 is 0. The van der Waals surface area contributed by atoms with Gasteiger partial charge in [0.25, 0.3) is 0 Å². The molecule has 0 radical (unpaired) electrons. The highest BCUT2D eigenvalue weighted by atomic mass is 16.7. The average molecular weight is 582 g/mol. The van der Waals surface area contributed by atoms with Crippen LogP contribution in [0.2, 0.25) is 0 Å². The number of fused-ring (bicyclic) bond motifs is 3. The first-order valence-electron chi connectivity index (χ1n) is 15.8. The number of hydrogen-bond acceptors (Lipinski definition) is 2. The second-order valence-electron chi connectivity index (χ2n) is 12.4. The Labute approximate surface area is 265 Å². The van der Waals surface area contributed by atoms with Crippen molar-refractivity contribution in [1.29, 1.82) is 0 Å². The van der Waals surface area contributed by atoms with E-state index in [1.807, 2.05) is 41.5 Å². The highest BCUT2D eigenvalue weighted by Gasteiger charge is 2.31. The van der Waals surface area contributed by atoms with E-state index >= 15 is 0 Å². The third kappa shape index (κ3) is 4.74. The summed E-state index contributed by atoms with van der Waals surface area (Å²) in [4.78, 5) is 6.56. The van der Waals surface area contributed by atoms with E-state index in [-0.39, 0.29) is 0 Å². The summed E-state index contributed by atoms with van der Waals surface area (Å²) in [6.45, 7) is 9.13. The van der Waals surface area contributed by atoms with Crippen molar-refractivity contribution in [2.45, 2.75) is 26.2 Å².